The van der Waals surface area contributed by atoms with Gasteiger partial charge in [-0.2, -0.15) is 0 Å². The second-order valence-electron chi connectivity index (χ2n) is 22.7. The molecule has 1 atom stereocenters. The van der Waals surface area contributed by atoms with Crippen LogP contribution in [0.15, 0.2) is 36.5 Å². The maximum Gasteiger partial charge on any atom is 0.306 e. The number of hydrogen-bond acceptors (Lipinski definition) is 6. The van der Waals surface area contributed by atoms with E-state index in [4.69, 9.17) is 14.2 Å². The number of rotatable bonds is 62. The second kappa shape index (κ2) is 64.2. The van der Waals surface area contributed by atoms with E-state index in [9.17, 15) is 14.4 Å². The van der Waals surface area contributed by atoms with E-state index in [1.807, 2.05) is 0 Å². The van der Waals surface area contributed by atoms with Crippen molar-refractivity contribution >= 4 is 17.9 Å². The highest BCUT2D eigenvalue weighted by Gasteiger charge is 2.19. The Morgan fingerprint density at radius 2 is 0.507 bits per heavy atom. The Balaban J connectivity index is 4.20. The maximum absolute atomic E-state index is 12.9. The number of carbonyl (C=O) groups is 3. The average Bonchev–Trinajstić information content (AvgIpc) is 3.41. The predicted octanol–water partition coefficient (Wildman–Crippen LogP) is 22.8. The molecule has 0 fully saturated rings. The zero-order valence-corrected chi connectivity index (χ0v) is 50.6. The molecule has 0 aliphatic heterocycles. The van der Waals surface area contributed by atoms with Gasteiger partial charge in [-0.05, 0) is 70.6 Å². The molecule has 0 heterocycles. The Bertz CT molecular complexity index is 1250. The van der Waals surface area contributed by atoms with Crippen LogP contribution in [-0.2, 0) is 28.6 Å². The van der Waals surface area contributed by atoms with E-state index in [2.05, 4.69) is 57.2 Å². The summed E-state index contributed by atoms with van der Waals surface area (Å²) in [7, 11) is 0. The summed E-state index contributed by atoms with van der Waals surface area (Å²) < 4.78 is 16.9. The van der Waals surface area contributed by atoms with Gasteiger partial charge in [0.15, 0.2) is 6.10 Å². The van der Waals surface area contributed by atoms with Gasteiger partial charge in [0.1, 0.15) is 13.2 Å². The van der Waals surface area contributed by atoms with Crippen molar-refractivity contribution in [3.8, 4) is 0 Å². The van der Waals surface area contributed by atoms with Gasteiger partial charge in [-0.25, -0.2) is 0 Å². The zero-order chi connectivity index (χ0) is 54.3. The fourth-order valence-corrected chi connectivity index (χ4v) is 10.1. The maximum atomic E-state index is 12.9. The first kappa shape index (κ1) is 72.6. The van der Waals surface area contributed by atoms with E-state index in [0.29, 0.717) is 19.3 Å². The quantitative estimate of drug-likeness (QED) is 0.0261. The summed E-state index contributed by atoms with van der Waals surface area (Å²) in [6.45, 7) is 6.62. The minimum Gasteiger partial charge on any atom is -0.462 e. The van der Waals surface area contributed by atoms with Crippen LogP contribution >= 0.6 is 0 Å². The van der Waals surface area contributed by atoms with Crippen molar-refractivity contribution in [2.45, 2.75) is 374 Å². The summed E-state index contributed by atoms with van der Waals surface area (Å²) in [5.41, 5.74) is 0. The number of hydrogen-bond donors (Lipinski definition) is 0. The van der Waals surface area contributed by atoms with Crippen LogP contribution in [0.25, 0.3) is 0 Å². The normalized spacial score (nSPS) is 12.2. The molecular weight excluding hydrogens is 925 g/mol. The van der Waals surface area contributed by atoms with E-state index in [-0.39, 0.29) is 31.1 Å². The van der Waals surface area contributed by atoms with Crippen LogP contribution in [-0.4, -0.2) is 37.2 Å². The molecule has 0 bridgehead atoms. The third kappa shape index (κ3) is 62.4. The van der Waals surface area contributed by atoms with Crippen LogP contribution in [0.3, 0.4) is 0 Å². The van der Waals surface area contributed by atoms with Crippen molar-refractivity contribution in [1.29, 1.82) is 0 Å². The lowest BCUT2D eigenvalue weighted by atomic mass is 10.0. The molecule has 6 nitrogen and oxygen atoms in total. The van der Waals surface area contributed by atoms with Gasteiger partial charge in [-0.1, -0.05) is 314 Å². The van der Waals surface area contributed by atoms with Crippen molar-refractivity contribution in [1.82, 2.24) is 0 Å². The fraction of sp³-hybridized carbons (Fsp3) is 0.870. The van der Waals surface area contributed by atoms with E-state index in [1.165, 1.54) is 244 Å². The Labute approximate surface area is 467 Å². The minimum absolute atomic E-state index is 0.0743. The molecule has 6 heteroatoms. The predicted molar refractivity (Wildman–Crippen MR) is 326 cm³/mol. The molecule has 75 heavy (non-hydrogen) atoms. The average molecular weight is 1050 g/mol. The summed E-state index contributed by atoms with van der Waals surface area (Å²) in [6, 6.07) is 0. The van der Waals surface area contributed by atoms with Crippen molar-refractivity contribution in [3.05, 3.63) is 36.5 Å². The first-order valence-corrected chi connectivity index (χ1v) is 33.5. The lowest BCUT2D eigenvalue weighted by molar-refractivity contribution is -0.167. The molecule has 0 aliphatic carbocycles. The van der Waals surface area contributed by atoms with Crippen molar-refractivity contribution in [2.75, 3.05) is 13.2 Å². The highest BCUT2D eigenvalue weighted by Crippen LogP contribution is 2.18. The van der Waals surface area contributed by atoms with Crippen molar-refractivity contribution < 1.29 is 28.6 Å². The molecule has 0 aliphatic rings. The fourth-order valence-electron chi connectivity index (χ4n) is 10.1. The smallest absolute Gasteiger partial charge is 0.306 e. The number of allylic oxidation sites excluding steroid dienone is 6. The SMILES string of the molecule is CCC/C=C\C/C=C\CCCCCCCC(=O)OCC(COC(=O)CCCCCCCCCCCCCCCCCCCCCCCCCCCCC)OC(=O)CCCCCCCCC/C=C\CCCCCCCC. The number of ether oxygens (including phenoxy) is 3. The van der Waals surface area contributed by atoms with Crippen LogP contribution in [0.4, 0.5) is 0 Å². The monoisotopic (exact) mass is 1050 g/mol. The molecule has 0 aromatic heterocycles. The molecule has 0 N–H and O–H groups in total. The lowest BCUT2D eigenvalue weighted by Crippen LogP contribution is -2.30. The summed E-state index contributed by atoms with van der Waals surface area (Å²) in [5, 5.41) is 0. The van der Waals surface area contributed by atoms with Gasteiger partial charge in [0.2, 0.25) is 0 Å². The molecule has 1 unspecified atom stereocenters. The molecule has 0 radical (unpaired) electrons. The Kier molecular flexibility index (Phi) is 62.1. The first-order valence-electron chi connectivity index (χ1n) is 33.5. The molecule has 0 saturated heterocycles. The molecular formula is C69H128O6. The second-order valence-corrected chi connectivity index (χ2v) is 22.7. The van der Waals surface area contributed by atoms with Crippen LogP contribution < -0.4 is 0 Å². The molecule has 0 aromatic rings. The summed E-state index contributed by atoms with van der Waals surface area (Å²) >= 11 is 0. The van der Waals surface area contributed by atoms with E-state index >= 15 is 0 Å². The highest BCUT2D eigenvalue weighted by molar-refractivity contribution is 5.71. The van der Waals surface area contributed by atoms with Crippen LogP contribution in [0.2, 0.25) is 0 Å². The van der Waals surface area contributed by atoms with Crippen LogP contribution in [0.1, 0.15) is 367 Å². The van der Waals surface area contributed by atoms with Gasteiger partial charge in [-0.3, -0.25) is 14.4 Å². The van der Waals surface area contributed by atoms with Crippen molar-refractivity contribution in [3.63, 3.8) is 0 Å². The summed E-state index contributed by atoms with van der Waals surface area (Å²) in [6.07, 6.45) is 78.9. The van der Waals surface area contributed by atoms with E-state index in [0.717, 1.165) is 83.5 Å². The molecule has 0 amide bonds. The van der Waals surface area contributed by atoms with Crippen molar-refractivity contribution in [2.24, 2.45) is 0 Å². The van der Waals surface area contributed by atoms with Gasteiger partial charge in [-0.15, -0.1) is 0 Å². The third-order valence-electron chi connectivity index (χ3n) is 15.1. The highest BCUT2D eigenvalue weighted by atomic mass is 16.6. The molecule has 0 saturated carbocycles. The zero-order valence-electron chi connectivity index (χ0n) is 50.6. The Morgan fingerprint density at radius 3 is 0.800 bits per heavy atom. The van der Waals surface area contributed by atoms with E-state index in [1.54, 1.807) is 0 Å². The van der Waals surface area contributed by atoms with Gasteiger partial charge in [0.25, 0.3) is 0 Å². The van der Waals surface area contributed by atoms with Gasteiger partial charge in [0, 0.05) is 19.3 Å². The largest absolute Gasteiger partial charge is 0.462 e. The van der Waals surface area contributed by atoms with Crippen LogP contribution in [0, 0.1) is 0 Å². The summed E-state index contributed by atoms with van der Waals surface area (Å²) in [5.74, 6) is -0.870. The van der Waals surface area contributed by atoms with E-state index < -0.39 is 6.10 Å². The van der Waals surface area contributed by atoms with Gasteiger partial charge < -0.3 is 14.2 Å². The first-order chi connectivity index (χ1) is 37.0. The minimum atomic E-state index is -0.778. The standard InChI is InChI=1S/C69H128O6/c1-4-7-10-13-16-19-22-25-27-29-30-31-32-33-34-35-36-37-38-40-41-44-47-50-53-56-59-62-68(71)74-65-66(64-73-67(70)61-58-55-52-49-46-43-24-21-18-15-12-9-6-3)75-69(72)63-60-57-54-51-48-45-42-39-28-26-23-20-17-14-11-8-5-2/h12,15,21,24,26,28,66H,4-11,13-14,16-20,22-23,25,27,29-65H2,1-3H3/b15-12-,24-21-,28-26-. The molecule has 0 spiro atoms. The molecule has 0 aromatic carbocycles. The topological polar surface area (TPSA) is 78.9 Å². The number of carbonyl (C=O) groups excluding carboxylic acids is 3. The van der Waals surface area contributed by atoms with Gasteiger partial charge >= 0.3 is 17.9 Å². The van der Waals surface area contributed by atoms with Gasteiger partial charge in [0.05, 0.1) is 0 Å². The number of unbranched alkanes of at least 4 members (excludes halogenated alkanes) is 45. The molecule has 0 rings (SSSR count). The Hall–Kier alpha value is -2.37. The third-order valence-corrected chi connectivity index (χ3v) is 15.1. The molecule has 440 valence electrons. The number of esters is 3. The van der Waals surface area contributed by atoms with Crippen LogP contribution in [0.5, 0.6) is 0 Å². The Morgan fingerprint density at radius 1 is 0.267 bits per heavy atom. The summed E-state index contributed by atoms with van der Waals surface area (Å²) in [4.78, 5) is 38.3. The lowest BCUT2D eigenvalue weighted by Gasteiger charge is -2.18.